The van der Waals surface area contributed by atoms with Crippen LogP contribution in [0.25, 0.3) is 27.5 Å². The minimum Gasteiger partial charge on any atom is -0.338 e. The standard InChI is InChI=1S/C24H15ClF2N4O5S/c1-30-19-7-6-12(25)8-17(19)20(31-23(33)16-4-2-3-5-18(16)28-24(31)34)21(30)22(32)29-37(35,36)15-10-13(26)9-14(27)11-15/h2-11H,1H3,(H,28,34)(H,29,32). The summed E-state index contributed by atoms with van der Waals surface area (Å²) in [5.41, 5.74) is -1.67. The summed E-state index contributed by atoms with van der Waals surface area (Å²) >= 11 is 6.16. The molecule has 37 heavy (non-hydrogen) atoms. The highest BCUT2D eigenvalue weighted by molar-refractivity contribution is 7.90. The number of para-hydroxylation sites is 1. The monoisotopic (exact) mass is 544 g/mol. The van der Waals surface area contributed by atoms with Crippen molar-refractivity contribution in [3.8, 4) is 5.69 Å². The number of sulfonamides is 1. The van der Waals surface area contributed by atoms with Crippen LogP contribution in [-0.2, 0) is 17.1 Å². The van der Waals surface area contributed by atoms with Crippen molar-refractivity contribution in [3.05, 3.63) is 104 Å². The molecule has 0 aliphatic carbocycles. The molecule has 2 heterocycles. The predicted molar refractivity (Wildman–Crippen MR) is 133 cm³/mol. The molecule has 0 atom stereocenters. The molecule has 3 aromatic carbocycles. The first-order valence-electron chi connectivity index (χ1n) is 10.5. The molecule has 0 unspecified atom stereocenters. The van der Waals surface area contributed by atoms with Gasteiger partial charge in [0, 0.05) is 23.5 Å². The van der Waals surface area contributed by atoms with Crippen molar-refractivity contribution in [2.75, 3.05) is 0 Å². The average Bonchev–Trinajstić information content (AvgIpc) is 3.09. The van der Waals surface area contributed by atoms with Crippen molar-refractivity contribution >= 4 is 49.3 Å². The van der Waals surface area contributed by atoms with Gasteiger partial charge in [0.2, 0.25) is 0 Å². The maximum absolute atomic E-state index is 13.7. The number of hydrogen-bond acceptors (Lipinski definition) is 5. The Morgan fingerprint density at radius 2 is 1.65 bits per heavy atom. The molecule has 0 fully saturated rings. The molecule has 0 aliphatic rings. The highest BCUT2D eigenvalue weighted by atomic mass is 35.5. The second-order valence-electron chi connectivity index (χ2n) is 8.07. The van der Waals surface area contributed by atoms with E-state index in [-0.39, 0.29) is 32.7 Å². The van der Waals surface area contributed by atoms with Crippen LogP contribution in [-0.4, -0.2) is 28.4 Å². The lowest BCUT2D eigenvalue weighted by molar-refractivity contribution is 0.0974. The first-order chi connectivity index (χ1) is 17.5. The molecule has 5 rings (SSSR count). The Hall–Kier alpha value is -4.29. The molecule has 0 saturated heterocycles. The number of halogens is 3. The van der Waals surface area contributed by atoms with Crippen LogP contribution in [0.3, 0.4) is 0 Å². The molecule has 0 radical (unpaired) electrons. The summed E-state index contributed by atoms with van der Waals surface area (Å²) in [4.78, 5) is 41.6. The predicted octanol–water partition coefficient (Wildman–Crippen LogP) is 3.22. The van der Waals surface area contributed by atoms with E-state index < -0.39 is 43.7 Å². The number of amides is 1. The van der Waals surface area contributed by atoms with Crippen molar-refractivity contribution in [2.24, 2.45) is 7.05 Å². The van der Waals surface area contributed by atoms with Crippen molar-refractivity contribution in [1.29, 1.82) is 0 Å². The van der Waals surface area contributed by atoms with Crippen LogP contribution in [0, 0.1) is 11.6 Å². The molecular formula is C24H15ClF2N4O5S. The maximum atomic E-state index is 13.7. The van der Waals surface area contributed by atoms with Gasteiger partial charge >= 0.3 is 5.69 Å². The van der Waals surface area contributed by atoms with Gasteiger partial charge in [-0.1, -0.05) is 23.7 Å². The summed E-state index contributed by atoms with van der Waals surface area (Å²) in [7, 11) is -3.34. The quantitative estimate of drug-likeness (QED) is 0.360. The van der Waals surface area contributed by atoms with Gasteiger partial charge in [-0.3, -0.25) is 9.59 Å². The van der Waals surface area contributed by atoms with Crippen molar-refractivity contribution in [3.63, 3.8) is 0 Å². The number of rotatable bonds is 4. The van der Waals surface area contributed by atoms with E-state index in [4.69, 9.17) is 11.6 Å². The van der Waals surface area contributed by atoms with Crippen LogP contribution in [0.1, 0.15) is 10.5 Å². The lowest BCUT2D eigenvalue weighted by Crippen LogP contribution is -2.37. The van der Waals surface area contributed by atoms with E-state index in [1.54, 1.807) is 16.9 Å². The van der Waals surface area contributed by atoms with Crippen LogP contribution >= 0.6 is 11.6 Å². The number of carbonyl (C=O) groups excluding carboxylic acids is 1. The van der Waals surface area contributed by atoms with E-state index in [0.717, 1.165) is 0 Å². The van der Waals surface area contributed by atoms with E-state index in [0.29, 0.717) is 28.3 Å². The van der Waals surface area contributed by atoms with Crippen molar-refractivity contribution in [1.82, 2.24) is 18.8 Å². The van der Waals surface area contributed by atoms with Gasteiger partial charge in [0.25, 0.3) is 21.5 Å². The molecule has 0 bridgehead atoms. The normalized spacial score (nSPS) is 11.8. The van der Waals surface area contributed by atoms with E-state index in [9.17, 15) is 31.6 Å². The molecule has 1 amide bonds. The number of aromatic amines is 1. The zero-order valence-corrected chi connectivity index (χ0v) is 20.3. The van der Waals surface area contributed by atoms with E-state index in [1.807, 2.05) is 0 Å². The molecular weight excluding hydrogens is 530 g/mol. The maximum Gasteiger partial charge on any atom is 0.333 e. The lowest BCUT2D eigenvalue weighted by Gasteiger charge is -2.12. The molecule has 0 spiro atoms. The first-order valence-corrected chi connectivity index (χ1v) is 12.4. The summed E-state index contributed by atoms with van der Waals surface area (Å²) in [6.45, 7) is 0. The van der Waals surface area contributed by atoms with Gasteiger partial charge in [-0.05, 0) is 42.5 Å². The van der Waals surface area contributed by atoms with Gasteiger partial charge in [0.1, 0.15) is 17.3 Å². The highest BCUT2D eigenvalue weighted by Gasteiger charge is 2.29. The summed E-state index contributed by atoms with van der Waals surface area (Å²) < 4.78 is 56.7. The molecule has 188 valence electrons. The second-order valence-corrected chi connectivity index (χ2v) is 10.2. The van der Waals surface area contributed by atoms with Gasteiger partial charge in [-0.2, -0.15) is 0 Å². The molecule has 0 aliphatic heterocycles. The lowest BCUT2D eigenvalue weighted by atomic mass is 10.2. The van der Waals surface area contributed by atoms with E-state index in [1.165, 1.54) is 41.9 Å². The van der Waals surface area contributed by atoms with Crippen molar-refractivity contribution in [2.45, 2.75) is 4.90 Å². The Labute approximate surface area is 211 Å². The third-order valence-corrected chi connectivity index (χ3v) is 7.30. The van der Waals surface area contributed by atoms with Gasteiger partial charge < -0.3 is 9.55 Å². The number of benzene rings is 3. The molecule has 2 aromatic heterocycles. The highest BCUT2D eigenvalue weighted by Crippen LogP contribution is 2.30. The topological polar surface area (TPSA) is 123 Å². The van der Waals surface area contributed by atoms with Gasteiger partial charge in [-0.15, -0.1) is 0 Å². The Bertz CT molecular complexity index is 1980. The SMILES string of the molecule is Cn1c(C(=O)NS(=O)(=O)c2cc(F)cc(F)c2)c(-n2c(=O)[nH]c3ccccc3c2=O)c2cc(Cl)ccc21. The number of aromatic nitrogens is 3. The fourth-order valence-electron chi connectivity index (χ4n) is 4.16. The Balaban J connectivity index is 1.78. The second kappa shape index (κ2) is 8.68. The Morgan fingerprint density at radius 1 is 0.973 bits per heavy atom. The largest absolute Gasteiger partial charge is 0.338 e. The van der Waals surface area contributed by atoms with Crippen LogP contribution in [0.5, 0.6) is 0 Å². The third-order valence-electron chi connectivity index (χ3n) is 5.75. The van der Waals surface area contributed by atoms with Crippen LogP contribution in [0.15, 0.2) is 75.1 Å². The summed E-state index contributed by atoms with van der Waals surface area (Å²) in [5, 5.41) is 0.562. The minimum atomic E-state index is -4.76. The Kier molecular flexibility index (Phi) is 5.72. The number of fused-ring (bicyclic) bond motifs is 2. The fraction of sp³-hybridized carbons (Fsp3) is 0.0417. The number of nitrogens with one attached hydrogen (secondary N) is 2. The number of aryl methyl sites for hydroxylation is 1. The zero-order valence-electron chi connectivity index (χ0n) is 18.8. The van der Waals surface area contributed by atoms with E-state index in [2.05, 4.69) is 4.98 Å². The summed E-state index contributed by atoms with van der Waals surface area (Å²) in [5.74, 6) is -3.59. The summed E-state index contributed by atoms with van der Waals surface area (Å²) in [6.07, 6.45) is 0. The number of nitrogens with zero attached hydrogens (tertiary/aromatic N) is 2. The first kappa shape index (κ1) is 24.4. The minimum absolute atomic E-state index is 0.135. The fourth-order valence-corrected chi connectivity index (χ4v) is 5.33. The van der Waals surface area contributed by atoms with E-state index >= 15 is 0 Å². The number of carbonyl (C=O) groups is 1. The van der Waals surface area contributed by atoms with Gasteiger partial charge in [-0.25, -0.2) is 31.3 Å². The molecule has 0 saturated carbocycles. The zero-order chi connectivity index (χ0) is 26.6. The average molecular weight is 545 g/mol. The molecule has 5 aromatic rings. The van der Waals surface area contributed by atoms with Crippen molar-refractivity contribution < 1.29 is 22.0 Å². The number of H-pyrrole nitrogens is 1. The van der Waals surface area contributed by atoms with Crippen LogP contribution in [0.4, 0.5) is 8.78 Å². The van der Waals surface area contributed by atoms with Crippen LogP contribution in [0.2, 0.25) is 5.02 Å². The Morgan fingerprint density at radius 3 is 2.35 bits per heavy atom. The number of hydrogen-bond donors (Lipinski definition) is 2. The van der Waals surface area contributed by atoms with Gasteiger partial charge in [0.15, 0.2) is 0 Å². The molecule has 9 nitrogen and oxygen atoms in total. The smallest absolute Gasteiger partial charge is 0.333 e. The summed E-state index contributed by atoms with van der Waals surface area (Å²) in [6, 6.07) is 12.2. The molecule has 13 heteroatoms. The van der Waals surface area contributed by atoms with Crippen LogP contribution < -0.4 is 16.0 Å². The van der Waals surface area contributed by atoms with Gasteiger partial charge in [0.05, 0.1) is 27.0 Å². The molecule has 2 N–H and O–H groups in total. The third kappa shape index (κ3) is 4.09.